The number of nitrogens with zero attached hydrogens (tertiary/aromatic N) is 3. The summed E-state index contributed by atoms with van der Waals surface area (Å²) in [7, 11) is 3.38. The Labute approximate surface area is 153 Å². The Morgan fingerprint density at radius 2 is 2.04 bits per heavy atom. The second-order valence-electron chi connectivity index (χ2n) is 6.51. The highest BCUT2D eigenvalue weighted by molar-refractivity contribution is 6.00. The van der Waals surface area contributed by atoms with Crippen LogP contribution >= 0.6 is 0 Å². The van der Waals surface area contributed by atoms with Crippen LogP contribution in [0.5, 0.6) is 5.75 Å². The molecule has 0 spiro atoms. The Balaban J connectivity index is 1.70. The van der Waals surface area contributed by atoms with Gasteiger partial charge in [-0.05, 0) is 42.8 Å². The summed E-state index contributed by atoms with van der Waals surface area (Å²) in [5.74, 6) is 0.341. The minimum Gasteiger partial charge on any atom is -0.497 e. The van der Waals surface area contributed by atoms with Crippen molar-refractivity contribution in [1.82, 2.24) is 9.88 Å². The molecule has 2 unspecified atom stereocenters. The van der Waals surface area contributed by atoms with Gasteiger partial charge >= 0.3 is 0 Å². The quantitative estimate of drug-likeness (QED) is 0.829. The number of methoxy groups -OCH3 is 1. The van der Waals surface area contributed by atoms with Gasteiger partial charge in [0, 0.05) is 38.1 Å². The highest BCUT2D eigenvalue weighted by Gasteiger charge is 2.37. The third kappa shape index (κ3) is 3.54. The van der Waals surface area contributed by atoms with E-state index in [1.807, 2.05) is 43.3 Å². The van der Waals surface area contributed by atoms with Gasteiger partial charge in [0.2, 0.25) is 11.8 Å². The fourth-order valence-electron chi connectivity index (χ4n) is 3.21. The Morgan fingerprint density at radius 3 is 2.65 bits per heavy atom. The van der Waals surface area contributed by atoms with Gasteiger partial charge in [-0.15, -0.1) is 0 Å². The second-order valence-corrected chi connectivity index (χ2v) is 6.51. The number of aromatic nitrogens is 1. The minimum atomic E-state index is -0.339. The Morgan fingerprint density at radius 1 is 1.31 bits per heavy atom. The van der Waals surface area contributed by atoms with Crippen LogP contribution in [0, 0.1) is 5.92 Å². The highest BCUT2D eigenvalue weighted by Crippen LogP contribution is 2.29. The number of carbonyl (C=O) groups excluding carboxylic acids is 2. The van der Waals surface area contributed by atoms with Gasteiger partial charge in [-0.3, -0.25) is 14.6 Å². The predicted octanol–water partition coefficient (Wildman–Crippen LogP) is 2.66. The van der Waals surface area contributed by atoms with Crippen molar-refractivity contribution >= 4 is 17.5 Å². The number of hydrogen-bond acceptors (Lipinski definition) is 4. The van der Waals surface area contributed by atoms with Gasteiger partial charge in [0.05, 0.1) is 19.1 Å². The van der Waals surface area contributed by atoms with Crippen LogP contribution in [0.2, 0.25) is 0 Å². The third-order valence-corrected chi connectivity index (χ3v) is 4.95. The van der Waals surface area contributed by atoms with E-state index in [0.29, 0.717) is 6.54 Å². The maximum atomic E-state index is 12.9. The summed E-state index contributed by atoms with van der Waals surface area (Å²) < 4.78 is 5.15. The first-order valence-electron chi connectivity index (χ1n) is 8.62. The molecule has 1 saturated heterocycles. The smallest absolute Gasteiger partial charge is 0.228 e. The van der Waals surface area contributed by atoms with E-state index in [1.54, 1.807) is 36.4 Å². The van der Waals surface area contributed by atoms with Gasteiger partial charge in [-0.25, -0.2) is 0 Å². The monoisotopic (exact) mass is 353 g/mol. The maximum Gasteiger partial charge on any atom is 0.228 e. The standard InChI is InChI=1S/C20H23N3O3/c1-14(15-5-4-10-21-12-15)22(2)20(25)16-11-19(24)23(13-16)17-6-8-18(26-3)9-7-17/h4-10,12,14,16H,11,13H2,1-3H3. The van der Waals surface area contributed by atoms with Gasteiger partial charge in [-0.2, -0.15) is 0 Å². The zero-order valence-electron chi connectivity index (χ0n) is 15.3. The molecule has 0 N–H and O–H groups in total. The molecular weight excluding hydrogens is 330 g/mol. The average Bonchev–Trinajstić information content (AvgIpc) is 3.08. The zero-order chi connectivity index (χ0) is 18.7. The van der Waals surface area contributed by atoms with Gasteiger partial charge in [0.1, 0.15) is 5.75 Å². The summed E-state index contributed by atoms with van der Waals surface area (Å²) in [6.07, 6.45) is 3.70. The predicted molar refractivity (Wildman–Crippen MR) is 98.9 cm³/mol. The molecule has 2 atom stereocenters. The molecule has 0 radical (unpaired) electrons. The summed E-state index contributed by atoms with van der Waals surface area (Å²) in [6, 6.07) is 11.0. The number of pyridine rings is 1. The first-order chi connectivity index (χ1) is 12.5. The van der Waals surface area contributed by atoms with E-state index in [4.69, 9.17) is 4.74 Å². The highest BCUT2D eigenvalue weighted by atomic mass is 16.5. The fourth-order valence-corrected chi connectivity index (χ4v) is 3.21. The Hall–Kier alpha value is -2.89. The molecule has 1 aromatic heterocycles. The van der Waals surface area contributed by atoms with Crippen molar-refractivity contribution in [3.8, 4) is 5.75 Å². The van der Waals surface area contributed by atoms with Crippen LogP contribution in [0.4, 0.5) is 5.69 Å². The largest absolute Gasteiger partial charge is 0.497 e. The van der Waals surface area contributed by atoms with Gasteiger partial charge in [-0.1, -0.05) is 6.07 Å². The molecule has 2 aromatic rings. The Bertz CT molecular complexity index is 777. The normalized spacial score (nSPS) is 17.9. The number of carbonyl (C=O) groups is 2. The maximum absolute atomic E-state index is 12.9. The topological polar surface area (TPSA) is 62.7 Å². The number of benzene rings is 1. The van der Waals surface area contributed by atoms with Crippen LogP contribution in [0.25, 0.3) is 0 Å². The Kier molecular flexibility index (Phi) is 5.21. The van der Waals surface area contributed by atoms with Crippen LogP contribution in [0.15, 0.2) is 48.8 Å². The molecule has 1 aliphatic heterocycles. The number of amides is 2. The lowest BCUT2D eigenvalue weighted by molar-refractivity contribution is -0.136. The SMILES string of the molecule is COc1ccc(N2CC(C(=O)N(C)C(C)c3cccnc3)CC2=O)cc1. The number of anilines is 1. The number of ether oxygens (including phenoxy) is 1. The fraction of sp³-hybridized carbons (Fsp3) is 0.350. The molecule has 3 rings (SSSR count). The molecule has 2 heterocycles. The van der Waals surface area contributed by atoms with Crippen molar-refractivity contribution in [2.24, 2.45) is 5.92 Å². The summed E-state index contributed by atoms with van der Waals surface area (Å²) in [6.45, 7) is 2.36. The van der Waals surface area contributed by atoms with Crippen LogP contribution in [-0.2, 0) is 9.59 Å². The molecule has 6 heteroatoms. The lowest BCUT2D eigenvalue weighted by Gasteiger charge is -2.27. The molecule has 26 heavy (non-hydrogen) atoms. The zero-order valence-corrected chi connectivity index (χ0v) is 15.3. The van der Waals surface area contributed by atoms with E-state index in [9.17, 15) is 9.59 Å². The van der Waals surface area contributed by atoms with Crippen molar-refractivity contribution in [1.29, 1.82) is 0 Å². The first kappa shape index (κ1) is 17.9. The van der Waals surface area contributed by atoms with E-state index < -0.39 is 0 Å². The van der Waals surface area contributed by atoms with Crippen molar-refractivity contribution in [2.75, 3.05) is 25.6 Å². The summed E-state index contributed by atoms with van der Waals surface area (Å²) >= 11 is 0. The molecule has 0 bridgehead atoms. The van der Waals surface area contributed by atoms with Crippen molar-refractivity contribution in [2.45, 2.75) is 19.4 Å². The summed E-state index contributed by atoms with van der Waals surface area (Å²) in [5, 5.41) is 0. The second kappa shape index (κ2) is 7.56. The van der Waals surface area contributed by atoms with E-state index in [-0.39, 0.29) is 30.2 Å². The van der Waals surface area contributed by atoms with E-state index >= 15 is 0 Å². The number of rotatable bonds is 5. The molecule has 1 aliphatic rings. The molecule has 136 valence electrons. The molecular formula is C20H23N3O3. The van der Waals surface area contributed by atoms with Crippen molar-refractivity contribution < 1.29 is 14.3 Å². The lowest BCUT2D eigenvalue weighted by atomic mass is 10.0. The van der Waals surface area contributed by atoms with E-state index in [1.165, 1.54) is 0 Å². The van der Waals surface area contributed by atoms with Crippen molar-refractivity contribution in [3.63, 3.8) is 0 Å². The molecule has 1 fully saturated rings. The van der Waals surface area contributed by atoms with E-state index in [0.717, 1.165) is 17.0 Å². The molecule has 2 amide bonds. The molecule has 0 aliphatic carbocycles. The molecule has 6 nitrogen and oxygen atoms in total. The van der Waals surface area contributed by atoms with Gasteiger partial charge < -0.3 is 14.5 Å². The summed E-state index contributed by atoms with van der Waals surface area (Å²) in [5.41, 5.74) is 1.76. The summed E-state index contributed by atoms with van der Waals surface area (Å²) in [4.78, 5) is 32.8. The van der Waals surface area contributed by atoms with Gasteiger partial charge in [0.25, 0.3) is 0 Å². The third-order valence-electron chi connectivity index (χ3n) is 4.95. The van der Waals surface area contributed by atoms with Crippen LogP contribution in [0.3, 0.4) is 0 Å². The van der Waals surface area contributed by atoms with Crippen LogP contribution < -0.4 is 9.64 Å². The molecule has 1 aromatic carbocycles. The number of hydrogen-bond donors (Lipinski definition) is 0. The first-order valence-corrected chi connectivity index (χ1v) is 8.62. The van der Waals surface area contributed by atoms with Crippen molar-refractivity contribution in [3.05, 3.63) is 54.4 Å². The van der Waals surface area contributed by atoms with Crippen LogP contribution in [0.1, 0.15) is 24.9 Å². The van der Waals surface area contributed by atoms with Crippen LogP contribution in [-0.4, -0.2) is 42.4 Å². The van der Waals surface area contributed by atoms with E-state index in [2.05, 4.69) is 4.98 Å². The lowest BCUT2D eigenvalue weighted by Crippen LogP contribution is -2.36. The molecule has 0 saturated carbocycles. The minimum absolute atomic E-state index is 0.0225. The van der Waals surface area contributed by atoms with Gasteiger partial charge in [0.15, 0.2) is 0 Å². The average molecular weight is 353 g/mol.